The third-order valence-electron chi connectivity index (χ3n) is 2.51. The summed E-state index contributed by atoms with van der Waals surface area (Å²) in [5.41, 5.74) is 5.97. The van der Waals surface area contributed by atoms with Gasteiger partial charge in [0.15, 0.2) is 0 Å². The first-order valence-electron chi connectivity index (χ1n) is 4.77. The Morgan fingerprint density at radius 2 is 1.75 bits per heavy atom. The minimum Gasteiger partial charge on any atom is -0.412 e. The summed E-state index contributed by atoms with van der Waals surface area (Å²) in [6.45, 7) is 8.71. The van der Waals surface area contributed by atoms with E-state index in [0.29, 0.717) is 5.92 Å². The van der Waals surface area contributed by atoms with Gasteiger partial charge >= 0.3 is 0 Å². The van der Waals surface area contributed by atoms with Gasteiger partial charge in [0.25, 0.3) is 0 Å². The average Bonchev–Trinajstić information content (AvgIpc) is 1.86. The van der Waals surface area contributed by atoms with Crippen LogP contribution in [0.2, 0.25) is 0 Å². The van der Waals surface area contributed by atoms with E-state index in [9.17, 15) is 0 Å². The minimum atomic E-state index is 0. The highest BCUT2D eigenvalue weighted by molar-refractivity contribution is 4.78. The van der Waals surface area contributed by atoms with Gasteiger partial charge in [0.05, 0.1) is 0 Å². The van der Waals surface area contributed by atoms with Crippen molar-refractivity contribution in [3.8, 4) is 0 Å². The molecule has 12 heavy (non-hydrogen) atoms. The van der Waals surface area contributed by atoms with E-state index in [1.807, 2.05) is 0 Å². The molecule has 0 spiro atoms. The van der Waals surface area contributed by atoms with Crippen molar-refractivity contribution in [3.63, 3.8) is 0 Å². The quantitative estimate of drug-likeness (QED) is 0.639. The van der Waals surface area contributed by atoms with Crippen LogP contribution in [0.3, 0.4) is 0 Å². The van der Waals surface area contributed by atoms with Gasteiger partial charge in [-0.15, -0.1) is 0 Å². The monoisotopic (exact) mass is 175 g/mol. The maximum atomic E-state index is 5.96. The highest BCUT2D eigenvalue weighted by Gasteiger charge is 2.19. The second kappa shape index (κ2) is 6.44. The van der Waals surface area contributed by atoms with Crippen molar-refractivity contribution >= 4 is 0 Å². The topological polar surface area (TPSA) is 57.5 Å². The van der Waals surface area contributed by atoms with Crippen molar-refractivity contribution in [2.24, 2.45) is 11.7 Å². The van der Waals surface area contributed by atoms with Gasteiger partial charge in [0, 0.05) is 5.54 Å². The van der Waals surface area contributed by atoms with Crippen LogP contribution in [0.1, 0.15) is 53.4 Å². The lowest BCUT2D eigenvalue weighted by Gasteiger charge is -2.27. The van der Waals surface area contributed by atoms with Gasteiger partial charge in [-0.2, -0.15) is 0 Å². The highest BCUT2D eigenvalue weighted by Crippen LogP contribution is 2.19. The molecular weight excluding hydrogens is 150 g/mol. The summed E-state index contributed by atoms with van der Waals surface area (Å²) >= 11 is 0. The molecule has 0 bridgehead atoms. The zero-order valence-corrected chi connectivity index (χ0v) is 8.98. The molecule has 76 valence electrons. The Bertz CT molecular complexity index is 96.5. The Morgan fingerprint density at radius 3 is 2.08 bits per heavy atom. The van der Waals surface area contributed by atoms with Crippen LogP contribution < -0.4 is 5.73 Å². The van der Waals surface area contributed by atoms with E-state index in [1.165, 1.54) is 25.7 Å². The van der Waals surface area contributed by atoms with Crippen molar-refractivity contribution in [3.05, 3.63) is 0 Å². The lowest BCUT2D eigenvalue weighted by molar-refractivity contribution is 0.317. The fourth-order valence-electron chi connectivity index (χ4n) is 1.07. The van der Waals surface area contributed by atoms with E-state index in [2.05, 4.69) is 27.7 Å². The van der Waals surface area contributed by atoms with Gasteiger partial charge in [-0.1, -0.05) is 33.1 Å². The van der Waals surface area contributed by atoms with E-state index >= 15 is 0 Å². The van der Waals surface area contributed by atoms with Crippen LogP contribution in [-0.4, -0.2) is 11.0 Å². The van der Waals surface area contributed by atoms with Gasteiger partial charge in [0.2, 0.25) is 0 Å². The molecule has 4 N–H and O–H groups in total. The normalized spacial score (nSPS) is 13.8. The Balaban J connectivity index is 0. The van der Waals surface area contributed by atoms with Crippen LogP contribution in [0.5, 0.6) is 0 Å². The molecule has 0 saturated heterocycles. The summed E-state index contributed by atoms with van der Waals surface area (Å²) < 4.78 is 0. The van der Waals surface area contributed by atoms with Crippen LogP contribution in [0, 0.1) is 5.92 Å². The molecule has 0 radical (unpaired) electrons. The summed E-state index contributed by atoms with van der Waals surface area (Å²) in [7, 11) is 0. The van der Waals surface area contributed by atoms with Crippen LogP contribution in [0.4, 0.5) is 0 Å². The molecule has 2 nitrogen and oxygen atoms in total. The standard InChI is InChI=1S/C10H23N.H2O/c1-5-6-7-8-9(2)10(3,4)11;/h9H,5-8,11H2,1-4H3;1H2. The predicted molar refractivity (Wildman–Crippen MR) is 55.2 cm³/mol. The summed E-state index contributed by atoms with van der Waals surface area (Å²) in [5.74, 6) is 0.647. The molecule has 0 fully saturated rings. The summed E-state index contributed by atoms with van der Waals surface area (Å²) in [5, 5.41) is 0. The van der Waals surface area contributed by atoms with Gasteiger partial charge in [-0.05, 0) is 26.2 Å². The summed E-state index contributed by atoms with van der Waals surface area (Å²) in [6, 6.07) is 0. The number of unbranched alkanes of at least 4 members (excludes halogenated alkanes) is 2. The third-order valence-corrected chi connectivity index (χ3v) is 2.51. The zero-order valence-electron chi connectivity index (χ0n) is 8.98. The first-order chi connectivity index (χ1) is 4.98. The first kappa shape index (κ1) is 14.4. The Kier molecular flexibility index (Phi) is 7.75. The third kappa shape index (κ3) is 6.62. The fourth-order valence-corrected chi connectivity index (χ4v) is 1.07. The van der Waals surface area contributed by atoms with E-state index in [1.54, 1.807) is 0 Å². The second-order valence-electron chi connectivity index (χ2n) is 4.22. The van der Waals surface area contributed by atoms with Gasteiger partial charge in [-0.25, -0.2) is 0 Å². The lowest BCUT2D eigenvalue weighted by atomic mass is 9.86. The van der Waals surface area contributed by atoms with Crippen LogP contribution in [0.15, 0.2) is 0 Å². The van der Waals surface area contributed by atoms with Crippen LogP contribution >= 0.6 is 0 Å². The van der Waals surface area contributed by atoms with Crippen molar-refractivity contribution in [2.45, 2.75) is 58.9 Å². The molecule has 0 aliphatic heterocycles. The average molecular weight is 175 g/mol. The molecule has 2 heteroatoms. The Labute approximate surface area is 76.8 Å². The summed E-state index contributed by atoms with van der Waals surface area (Å²) in [4.78, 5) is 0. The summed E-state index contributed by atoms with van der Waals surface area (Å²) in [6.07, 6.45) is 5.26. The number of nitrogens with two attached hydrogens (primary N) is 1. The van der Waals surface area contributed by atoms with E-state index in [-0.39, 0.29) is 11.0 Å². The molecular formula is C10H25NO. The SMILES string of the molecule is CCCCCC(C)C(C)(C)N.O. The maximum absolute atomic E-state index is 5.96. The molecule has 1 atom stereocenters. The molecule has 1 unspecified atom stereocenters. The first-order valence-corrected chi connectivity index (χ1v) is 4.77. The van der Waals surface area contributed by atoms with Crippen LogP contribution in [0.25, 0.3) is 0 Å². The molecule has 0 rings (SSSR count). The Hall–Kier alpha value is -0.0800. The van der Waals surface area contributed by atoms with Gasteiger partial charge < -0.3 is 11.2 Å². The molecule has 0 aromatic rings. The van der Waals surface area contributed by atoms with Gasteiger partial charge in [-0.3, -0.25) is 0 Å². The van der Waals surface area contributed by atoms with E-state index in [0.717, 1.165) is 0 Å². The van der Waals surface area contributed by atoms with Crippen molar-refractivity contribution < 1.29 is 5.48 Å². The molecule has 0 aromatic heterocycles. The number of rotatable bonds is 5. The molecule has 0 heterocycles. The second-order valence-corrected chi connectivity index (χ2v) is 4.22. The molecule has 0 amide bonds. The maximum Gasteiger partial charge on any atom is 0.0123 e. The van der Waals surface area contributed by atoms with Crippen molar-refractivity contribution in [2.75, 3.05) is 0 Å². The van der Waals surface area contributed by atoms with E-state index < -0.39 is 0 Å². The number of hydrogen-bond donors (Lipinski definition) is 1. The predicted octanol–water partition coefficient (Wildman–Crippen LogP) is 2.12. The zero-order chi connectivity index (χ0) is 8.91. The fraction of sp³-hybridized carbons (Fsp3) is 1.00. The lowest BCUT2D eigenvalue weighted by Crippen LogP contribution is -2.39. The van der Waals surface area contributed by atoms with Crippen molar-refractivity contribution in [1.82, 2.24) is 0 Å². The number of hydrogen-bond acceptors (Lipinski definition) is 1. The molecule has 0 aliphatic rings. The van der Waals surface area contributed by atoms with Crippen molar-refractivity contribution in [1.29, 1.82) is 0 Å². The Morgan fingerprint density at radius 1 is 1.25 bits per heavy atom. The van der Waals surface area contributed by atoms with E-state index in [4.69, 9.17) is 5.73 Å². The smallest absolute Gasteiger partial charge is 0.0123 e. The molecule has 0 saturated carbocycles. The van der Waals surface area contributed by atoms with Crippen LogP contribution in [-0.2, 0) is 0 Å². The minimum absolute atomic E-state index is 0. The highest BCUT2D eigenvalue weighted by atomic mass is 16.0. The largest absolute Gasteiger partial charge is 0.412 e. The molecule has 0 aromatic carbocycles. The molecule has 0 aliphatic carbocycles. The van der Waals surface area contributed by atoms with Gasteiger partial charge in [0.1, 0.15) is 0 Å².